The number of carbonyl (C=O) groups excluding carboxylic acids is 2. The quantitative estimate of drug-likeness (QED) is 0.898. The van der Waals surface area contributed by atoms with Crippen LogP contribution in [-0.2, 0) is 9.53 Å². The van der Waals surface area contributed by atoms with E-state index in [-0.39, 0.29) is 37.1 Å². The van der Waals surface area contributed by atoms with Gasteiger partial charge >= 0.3 is 0 Å². The lowest BCUT2D eigenvalue weighted by molar-refractivity contribution is -0.119. The predicted octanol–water partition coefficient (Wildman–Crippen LogP) is 0.927. The summed E-state index contributed by atoms with van der Waals surface area (Å²) in [6, 6.07) is 2.80. The van der Waals surface area contributed by atoms with Crippen LogP contribution in [0.4, 0.5) is 8.78 Å². The summed E-state index contributed by atoms with van der Waals surface area (Å²) in [5, 5.41) is 0. The number of halogens is 2. The number of nitrogens with zero attached hydrogens (tertiary/aromatic N) is 1. The van der Waals surface area contributed by atoms with Crippen molar-refractivity contribution in [3.05, 3.63) is 35.4 Å². The smallest absolute Gasteiger partial charge is 0.256 e. The third-order valence-corrected chi connectivity index (χ3v) is 3.60. The molecule has 0 radical (unpaired) electrons. The largest absolute Gasteiger partial charge is 0.379 e. The molecule has 0 bridgehead atoms. The Bertz CT molecular complexity index is 565. The zero-order valence-electron chi connectivity index (χ0n) is 11.5. The highest BCUT2D eigenvalue weighted by Gasteiger charge is 2.37. The van der Waals surface area contributed by atoms with E-state index in [1.54, 1.807) is 0 Å². The van der Waals surface area contributed by atoms with E-state index in [0.717, 1.165) is 12.1 Å². The maximum atomic E-state index is 13.6. The van der Waals surface area contributed by atoms with Gasteiger partial charge in [-0.1, -0.05) is 0 Å². The fourth-order valence-corrected chi connectivity index (χ4v) is 2.56. The molecule has 7 heteroatoms. The summed E-state index contributed by atoms with van der Waals surface area (Å²) < 4.78 is 31.8. The van der Waals surface area contributed by atoms with Gasteiger partial charge in [-0.3, -0.25) is 9.59 Å². The summed E-state index contributed by atoms with van der Waals surface area (Å²) in [4.78, 5) is 24.7. The van der Waals surface area contributed by atoms with Gasteiger partial charge in [0.1, 0.15) is 11.6 Å². The summed E-state index contributed by atoms with van der Waals surface area (Å²) in [6.45, 7) is 0.487. The molecule has 1 saturated heterocycles. The summed E-state index contributed by atoms with van der Waals surface area (Å²) in [7, 11) is 1.48. The number of hydrogen-bond donors (Lipinski definition) is 1. The van der Waals surface area contributed by atoms with Crippen LogP contribution in [0, 0.1) is 17.6 Å². The van der Waals surface area contributed by atoms with Crippen molar-refractivity contribution in [2.45, 2.75) is 12.5 Å². The van der Waals surface area contributed by atoms with Crippen molar-refractivity contribution in [2.24, 2.45) is 11.7 Å². The standard InChI is InChI=1S/C14H16F2N2O3/c1-21-12-7-18(6-8(12)4-13(17)19)14(20)10-3-2-9(15)5-11(10)16/h2-3,5,8,12H,4,6-7H2,1H3,(H2,17,19)/t8-,12+/m1/s1. The molecular weight excluding hydrogens is 282 g/mol. The van der Waals surface area contributed by atoms with E-state index in [9.17, 15) is 18.4 Å². The number of amides is 2. The van der Waals surface area contributed by atoms with Crippen LogP contribution in [-0.4, -0.2) is 43.0 Å². The molecule has 0 unspecified atom stereocenters. The molecule has 1 fully saturated rings. The Hall–Kier alpha value is -2.02. The normalized spacial score (nSPS) is 21.6. The Balaban J connectivity index is 2.15. The van der Waals surface area contributed by atoms with Gasteiger partial charge in [0, 0.05) is 38.6 Å². The molecule has 1 aliphatic heterocycles. The Labute approximate surface area is 120 Å². The molecule has 1 aromatic carbocycles. The van der Waals surface area contributed by atoms with Crippen molar-refractivity contribution in [1.82, 2.24) is 4.90 Å². The third kappa shape index (κ3) is 3.36. The number of ether oxygens (including phenoxy) is 1. The lowest BCUT2D eigenvalue weighted by Crippen LogP contribution is -2.30. The van der Waals surface area contributed by atoms with E-state index >= 15 is 0 Å². The second-order valence-electron chi connectivity index (χ2n) is 5.04. The van der Waals surface area contributed by atoms with Crippen LogP contribution in [0.15, 0.2) is 18.2 Å². The first-order valence-corrected chi connectivity index (χ1v) is 6.47. The Kier molecular flexibility index (Phi) is 4.52. The van der Waals surface area contributed by atoms with Crippen molar-refractivity contribution in [1.29, 1.82) is 0 Å². The number of rotatable bonds is 4. The van der Waals surface area contributed by atoms with Crippen LogP contribution in [0.2, 0.25) is 0 Å². The van der Waals surface area contributed by atoms with Crippen LogP contribution < -0.4 is 5.73 Å². The van der Waals surface area contributed by atoms with Gasteiger partial charge in [0.2, 0.25) is 5.91 Å². The van der Waals surface area contributed by atoms with E-state index in [4.69, 9.17) is 10.5 Å². The van der Waals surface area contributed by atoms with Crippen molar-refractivity contribution in [3.8, 4) is 0 Å². The molecular formula is C14H16F2N2O3. The summed E-state index contributed by atoms with van der Waals surface area (Å²) in [5.41, 5.74) is 4.96. The van der Waals surface area contributed by atoms with Crippen molar-refractivity contribution < 1.29 is 23.1 Å². The third-order valence-electron chi connectivity index (χ3n) is 3.60. The van der Waals surface area contributed by atoms with E-state index in [2.05, 4.69) is 0 Å². The number of methoxy groups -OCH3 is 1. The maximum Gasteiger partial charge on any atom is 0.256 e. The number of primary amides is 1. The predicted molar refractivity (Wildman–Crippen MR) is 70.4 cm³/mol. The average Bonchev–Trinajstić information content (AvgIpc) is 2.80. The maximum absolute atomic E-state index is 13.6. The molecule has 0 saturated carbocycles. The van der Waals surface area contributed by atoms with E-state index in [1.165, 1.54) is 12.0 Å². The molecule has 2 atom stereocenters. The van der Waals surface area contributed by atoms with Crippen molar-refractivity contribution >= 4 is 11.8 Å². The molecule has 114 valence electrons. The van der Waals surface area contributed by atoms with Gasteiger partial charge < -0.3 is 15.4 Å². The van der Waals surface area contributed by atoms with Gasteiger partial charge in [-0.25, -0.2) is 8.78 Å². The van der Waals surface area contributed by atoms with Gasteiger partial charge in [-0.2, -0.15) is 0 Å². The second-order valence-corrected chi connectivity index (χ2v) is 5.04. The Morgan fingerprint density at radius 3 is 2.67 bits per heavy atom. The first-order valence-electron chi connectivity index (χ1n) is 6.47. The highest BCUT2D eigenvalue weighted by molar-refractivity contribution is 5.94. The van der Waals surface area contributed by atoms with Gasteiger partial charge in [0.05, 0.1) is 11.7 Å². The summed E-state index contributed by atoms with van der Waals surface area (Å²) in [5.74, 6) is -2.91. The van der Waals surface area contributed by atoms with Crippen molar-refractivity contribution in [3.63, 3.8) is 0 Å². The minimum Gasteiger partial charge on any atom is -0.379 e. The Morgan fingerprint density at radius 2 is 2.10 bits per heavy atom. The van der Waals surface area contributed by atoms with Gasteiger partial charge in [0.15, 0.2) is 0 Å². The van der Waals surface area contributed by atoms with E-state index < -0.39 is 23.4 Å². The molecule has 1 aromatic rings. The summed E-state index contributed by atoms with van der Waals surface area (Å²) >= 11 is 0. The zero-order valence-corrected chi connectivity index (χ0v) is 11.5. The molecule has 2 amide bonds. The SMILES string of the molecule is CO[C@H]1CN(C(=O)c2ccc(F)cc2F)C[C@H]1CC(N)=O. The first kappa shape index (κ1) is 15.4. The topological polar surface area (TPSA) is 72.6 Å². The lowest BCUT2D eigenvalue weighted by atomic mass is 10.0. The number of carbonyl (C=O) groups is 2. The molecule has 2 rings (SSSR count). The number of nitrogens with two attached hydrogens (primary N) is 1. The summed E-state index contributed by atoms with van der Waals surface area (Å²) in [6.07, 6.45) is -0.237. The van der Waals surface area contributed by atoms with Crippen LogP contribution in [0.3, 0.4) is 0 Å². The number of benzene rings is 1. The fourth-order valence-electron chi connectivity index (χ4n) is 2.56. The molecule has 0 aliphatic carbocycles. The number of hydrogen-bond acceptors (Lipinski definition) is 3. The minimum absolute atomic E-state index is 0.0915. The second kappa shape index (κ2) is 6.17. The molecule has 1 aliphatic rings. The molecule has 21 heavy (non-hydrogen) atoms. The van der Waals surface area contributed by atoms with Gasteiger partial charge in [-0.05, 0) is 12.1 Å². The van der Waals surface area contributed by atoms with Crippen LogP contribution in [0.5, 0.6) is 0 Å². The Morgan fingerprint density at radius 1 is 1.38 bits per heavy atom. The molecule has 2 N–H and O–H groups in total. The van der Waals surface area contributed by atoms with Crippen molar-refractivity contribution in [2.75, 3.05) is 20.2 Å². The van der Waals surface area contributed by atoms with Gasteiger partial charge in [-0.15, -0.1) is 0 Å². The molecule has 0 aromatic heterocycles. The van der Waals surface area contributed by atoms with Crippen LogP contribution in [0.1, 0.15) is 16.8 Å². The molecule has 5 nitrogen and oxygen atoms in total. The van der Waals surface area contributed by atoms with E-state index in [0.29, 0.717) is 6.07 Å². The van der Waals surface area contributed by atoms with Crippen LogP contribution >= 0.6 is 0 Å². The monoisotopic (exact) mass is 298 g/mol. The van der Waals surface area contributed by atoms with Gasteiger partial charge in [0.25, 0.3) is 5.91 Å². The van der Waals surface area contributed by atoms with Crippen LogP contribution in [0.25, 0.3) is 0 Å². The zero-order chi connectivity index (χ0) is 15.6. The molecule has 0 spiro atoms. The first-order chi connectivity index (χ1) is 9.92. The van der Waals surface area contributed by atoms with E-state index in [1.807, 2.05) is 0 Å². The highest BCUT2D eigenvalue weighted by atomic mass is 19.1. The highest BCUT2D eigenvalue weighted by Crippen LogP contribution is 2.25. The number of likely N-dealkylation sites (tertiary alicyclic amines) is 1. The minimum atomic E-state index is -0.910. The lowest BCUT2D eigenvalue weighted by Gasteiger charge is -2.16. The molecule has 1 heterocycles. The fraction of sp³-hybridized carbons (Fsp3) is 0.429. The average molecular weight is 298 g/mol.